The average Bonchev–Trinajstić information content (AvgIpc) is 3.36. The highest BCUT2D eigenvalue weighted by Gasteiger charge is 2.26. The first kappa shape index (κ1) is 19.3. The van der Waals surface area contributed by atoms with Crippen LogP contribution in [0.25, 0.3) is 11.6 Å². The lowest BCUT2D eigenvalue weighted by Crippen LogP contribution is -2.39. The topological polar surface area (TPSA) is 89.9 Å². The average molecular weight is 394 g/mol. The van der Waals surface area contributed by atoms with Crippen molar-refractivity contribution in [2.75, 3.05) is 13.1 Å². The van der Waals surface area contributed by atoms with Crippen molar-refractivity contribution in [3.8, 4) is 11.6 Å². The lowest BCUT2D eigenvalue weighted by molar-refractivity contribution is 0.0689. The highest BCUT2D eigenvalue weighted by molar-refractivity contribution is 5.94. The first-order valence-electron chi connectivity index (χ1n) is 9.93. The van der Waals surface area contributed by atoms with E-state index < -0.39 is 0 Å². The van der Waals surface area contributed by atoms with Crippen LogP contribution in [0.5, 0.6) is 0 Å². The number of rotatable bonds is 3. The number of benzene rings is 1. The van der Waals surface area contributed by atoms with Gasteiger partial charge in [-0.05, 0) is 42.9 Å². The normalized spacial score (nSPS) is 15.7. The zero-order valence-electron chi connectivity index (χ0n) is 17.3. The van der Waals surface area contributed by atoms with Gasteiger partial charge in [0.05, 0.1) is 12.2 Å². The Morgan fingerprint density at radius 1 is 1.14 bits per heavy atom. The van der Waals surface area contributed by atoms with Crippen LogP contribution in [0.3, 0.4) is 0 Å². The third-order valence-corrected chi connectivity index (χ3v) is 5.38. The van der Waals surface area contributed by atoms with Crippen LogP contribution >= 0.6 is 0 Å². The molecule has 152 valence electrons. The predicted molar refractivity (Wildman–Crippen MR) is 107 cm³/mol. The number of nitrogens with zero attached hydrogens (tertiary/aromatic N) is 6. The van der Waals surface area contributed by atoms with Crippen LogP contribution in [0.4, 0.5) is 0 Å². The van der Waals surface area contributed by atoms with Gasteiger partial charge < -0.3 is 9.42 Å². The predicted octanol–water partition coefficient (Wildman–Crippen LogP) is 3.41. The van der Waals surface area contributed by atoms with E-state index in [9.17, 15) is 4.79 Å². The molecule has 0 unspecified atom stereocenters. The molecular weight excluding hydrogens is 368 g/mol. The van der Waals surface area contributed by atoms with Crippen molar-refractivity contribution in [2.45, 2.75) is 52.0 Å². The molecule has 4 rings (SSSR count). The molecule has 8 nitrogen and oxygen atoms in total. The van der Waals surface area contributed by atoms with Crippen molar-refractivity contribution in [3.05, 3.63) is 47.4 Å². The van der Waals surface area contributed by atoms with Crippen LogP contribution in [0, 0.1) is 6.92 Å². The SMILES string of the molecule is Cc1noc(-c2cn(C3CCN(C(=O)c4ccc(C(C)(C)C)cc4)CC3)nn2)n1. The molecular formula is C21H26N6O2. The van der Waals surface area contributed by atoms with Gasteiger partial charge in [-0.1, -0.05) is 43.3 Å². The molecule has 3 heterocycles. The van der Waals surface area contributed by atoms with Gasteiger partial charge in [0, 0.05) is 18.7 Å². The second kappa shape index (κ2) is 7.42. The molecule has 1 aliphatic rings. The monoisotopic (exact) mass is 394 g/mol. The lowest BCUT2D eigenvalue weighted by atomic mass is 9.86. The van der Waals surface area contributed by atoms with Gasteiger partial charge in [-0.2, -0.15) is 4.98 Å². The summed E-state index contributed by atoms with van der Waals surface area (Å²) in [6.07, 6.45) is 3.50. The second-order valence-electron chi connectivity index (χ2n) is 8.58. The number of carbonyl (C=O) groups excluding carboxylic acids is 1. The van der Waals surface area contributed by atoms with Gasteiger partial charge in [-0.3, -0.25) is 4.79 Å². The van der Waals surface area contributed by atoms with Crippen molar-refractivity contribution in [1.82, 2.24) is 30.0 Å². The van der Waals surface area contributed by atoms with E-state index in [4.69, 9.17) is 4.52 Å². The Hall–Kier alpha value is -3.03. The second-order valence-corrected chi connectivity index (χ2v) is 8.58. The molecule has 0 bridgehead atoms. The minimum absolute atomic E-state index is 0.0799. The van der Waals surface area contributed by atoms with Crippen molar-refractivity contribution in [2.24, 2.45) is 0 Å². The molecule has 1 saturated heterocycles. The van der Waals surface area contributed by atoms with E-state index >= 15 is 0 Å². The molecule has 29 heavy (non-hydrogen) atoms. The molecule has 0 aliphatic carbocycles. The molecule has 8 heteroatoms. The van der Waals surface area contributed by atoms with Gasteiger partial charge in [0.1, 0.15) is 0 Å². The molecule has 1 aliphatic heterocycles. The first-order chi connectivity index (χ1) is 13.8. The highest BCUT2D eigenvalue weighted by Crippen LogP contribution is 2.26. The molecule has 2 aromatic heterocycles. The van der Waals surface area contributed by atoms with Gasteiger partial charge in [0.2, 0.25) is 0 Å². The number of aryl methyl sites for hydroxylation is 1. The molecule has 1 aromatic carbocycles. The molecule has 0 saturated carbocycles. The summed E-state index contributed by atoms with van der Waals surface area (Å²) in [5, 5.41) is 12.1. The lowest BCUT2D eigenvalue weighted by Gasteiger charge is -2.32. The summed E-state index contributed by atoms with van der Waals surface area (Å²) in [6, 6.07) is 8.18. The number of piperidine rings is 1. The quantitative estimate of drug-likeness (QED) is 0.676. The fourth-order valence-electron chi connectivity index (χ4n) is 3.58. The molecule has 1 fully saturated rings. The summed E-state index contributed by atoms with van der Waals surface area (Å²) >= 11 is 0. The number of aromatic nitrogens is 5. The van der Waals surface area contributed by atoms with E-state index in [0.717, 1.165) is 18.4 Å². The molecule has 0 spiro atoms. The third-order valence-electron chi connectivity index (χ3n) is 5.38. The first-order valence-corrected chi connectivity index (χ1v) is 9.93. The minimum Gasteiger partial charge on any atom is -0.338 e. The zero-order chi connectivity index (χ0) is 20.6. The van der Waals surface area contributed by atoms with E-state index in [1.807, 2.05) is 27.9 Å². The fourth-order valence-corrected chi connectivity index (χ4v) is 3.58. The Labute approximate surface area is 169 Å². The van der Waals surface area contributed by atoms with Crippen molar-refractivity contribution in [1.29, 1.82) is 0 Å². The van der Waals surface area contributed by atoms with Crippen molar-refractivity contribution < 1.29 is 9.32 Å². The van der Waals surface area contributed by atoms with Crippen LogP contribution in [-0.2, 0) is 5.41 Å². The van der Waals surface area contributed by atoms with Crippen LogP contribution in [0.2, 0.25) is 0 Å². The molecule has 1 amide bonds. The summed E-state index contributed by atoms with van der Waals surface area (Å²) in [4.78, 5) is 19.0. The van der Waals surface area contributed by atoms with Gasteiger partial charge in [0.15, 0.2) is 11.5 Å². The summed E-state index contributed by atoms with van der Waals surface area (Å²) in [5.74, 6) is 1.03. The van der Waals surface area contributed by atoms with Gasteiger partial charge in [-0.25, -0.2) is 4.68 Å². The summed E-state index contributed by atoms with van der Waals surface area (Å²) in [5.41, 5.74) is 2.62. The molecule has 0 N–H and O–H groups in total. The highest BCUT2D eigenvalue weighted by atomic mass is 16.5. The summed E-state index contributed by atoms with van der Waals surface area (Å²) in [6.45, 7) is 9.66. The molecule has 3 aromatic rings. The Morgan fingerprint density at radius 2 is 1.83 bits per heavy atom. The van der Waals surface area contributed by atoms with E-state index in [0.29, 0.717) is 30.5 Å². The smallest absolute Gasteiger partial charge is 0.280 e. The van der Waals surface area contributed by atoms with E-state index in [1.165, 1.54) is 5.56 Å². The maximum atomic E-state index is 12.9. The maximum Gasteiger partial charge on any atom is 0.280 e. The largest absolute Gasteiger partial charge is 0.338 e. The third kappa shape index (κ3) is 4.06. The Kier molecular flexibility index (Phi) is 4.94. The van der Waals surface area contributed by atoms with Crippen molar-refractivity contribution in [3.63, 3.8) is 0 Å². The van der Waals surface area contributed by atoms with Gasteiger partial charge >= 0.3 is 0 Å². The number of hydrogen-bond donors (Lipinski definition) is 0. The molecule has 0 radical (unpaired) electrons. The Bertz CT molecular complexity index is 991. The van der Waals surface area contributed by atoms with Gasteiger partial charge in [-0.15, -0.1) is 5.10 Å². The van der Waals surface area contributed by atoms with Gasteiger partial charge in [0.25, 0.3) is 11.8 Å². The molecule has 0 atom stereocenters. The van der Waals surface area contributed by atoms with E-state index in [2.05, 4.69) is 53.4 Å². The zero-order valence-corrected chi connectivity index (χ0v) is 17.3. The van der Waals surface area contributed by atoms with Crippen LogP contribution in [0.1, 0.15) is 61.4 Å². The standard InChI is InChI=1S/C21H26N6O2/c1-14-22-19(29-24-14)18-13-27(25-23-18)17-9-11-26(12-10-17)20(28)15-5-7-16(8-6-15)21(2,3)4/h5-8,13,17H,9-12H2,1-4H3. The Morgan fingerprint density at radius 3 is 2.41 bits per heavy atom. The number of likely N-dealkylation sites (tertiary alicyclic amines) is 1. The van der Waals surface area contributed by atoms with E-state index in [-0.39, 0.29) is 17.4 Å². The Balaban J connectivity index is 1.38. The maximum absolute atomic E-state index is 12.9. The van der Waals surface area contributed by atoms with E-state index in [1.54, 1.807) is 6.92 Å². The number of hydrogen-bond acceptors (Lipinski definition) is 6. The fraction of sp³-hybridized carbons (Fsp3) is 0.476. The minimum atomic E-state index is 0.0799. The van der Waals surface area contributed by atoms with Crippen LogP contribution < -0.4 is 0 Å². The number of amides is 1. The summed E-state index contributed by atoms with van der Waals surface area (Å²) < 4.78 is 6.99. The summed E-state index contributed by atoms with van der Waals surface area (Å²) in [7, 11) is 0. The van der Waals surface area contributed by atoms with Crippen LogP contribution in [0.15, 0.2) is 35.0 Å². The van der Waals surface area contributed by atoms with Crippen LogP contribution in [-0.4, -0.2) is 49.0 Å². The number of carbonyl (C=O) groups is 1. The van der Waals surface area contributed by atoms with Crippen molar-refractivity contribution >= 4 is 5.91 Å².